The van der Waals surface area contributed by atoms with Gasteiger partial charge in [-0.25, -0.2) is 0 Å². The molecule has 1 aromatic carbocycles. The molecular formula is C13H17F2NO3. The molecule has 0 radical (unpaired) electrons. The highest BCUT2D eigenvalue weighted by atomic mass is 19.3. The number of carboxylic acids is 1. The molecule has 2 atom stereocenters. The fraction of sp³-hybridized carbons (Fsp3) is 0.462. The SMILES string of the molecule is CCC(N)C(CC(=O)O)c1ccccc1OC(F)F. The van der Waals surface area contributed by atoms with Crippen molar-refractivity contribution < 1.29 is 23.4 Å². The lowest BCUT2D eigenvalue weighted by molar-refractivity contribution is -0.137. The lowest BCUT2D eigenvalue weighted by Crippen LogP contribution is -2.29. The second kappa shape index (κ2) is 7.04. The quantitative estimate of drug-likeness (QED) is 0.801. The molecule has 0 aliphatic carbocycles. The van der Waals surface area contributed by atoms with Crippen LogP contribution in [0.25, 0.3) is 0 Å². The molecule has 1 aromatic rings. The highest BCUT2D eigenvalue weighted by molar-refractivity contribution is 5.68. The monoisotopic (exact) mass is 273 g/mol. The fourth-order valence-electron chi connectivity index (χ4n) is 1.95. The Hall–Kier alpha value is -1.69. The summed E-state index contributed by atoms with van der Waals surface area (Å²) in [5.41, 5.74) is 6.29. The zero-order valence-corrected chi connectivity index (χ0v) is 10.6. The molecular weight excluding hydrogens is 256 g/mol. The number of rotatable bonds is 7. The van der Waals surface area contributed by atoms with E-state index in [1.165, 1.54) is 6.07 Å². The first-order chi connectivity index (χ1) is 8.95. The average molecular weight is 273 g/mol. The zero-order chi connectivity index (χ0) is 14.4. The summed E-state index contributed by atoms with van der Waals surface area (Å²) in [6, 6.07) is 5.72. The van der Waals surface area contributed by atoms with Gasteiger partial charge in [-0.05, 0) is 18.1 Å². The maximum absolute atomic E-state index is 12.3. The lowest BCUT2D eigenvalue weighted by Gasteiger charge is -2.23. The Labute approximate surface area is 110 Å². The summed E-state index contributed by atoms with van der Waals surface area (Å²) < 4.78 is 29.1. The molecule has 1 rings (SSSR count). The van der Waals surface area contributed by atoms with E-state index in [0.29, 0.717) is 12.0 Å². The maximum atomic E-state index is 12.3. The van der Waals surface area contributed by atoms with E-state index in [-0.39, 0.29) is 12.2 Å². The van der Waals surface area contributed by atoms with Crippen molar-refractivity contribution in [3.8, 4) is 5.75 Å². The van der Waals surface area contributed by atoms with Gasteiger partial charge in [-0.1, -0.05) is 25.1 Å². The van der Waals surface area contributed by atoms with Gasteiger partial charge in [0.1, 0.15) is 5.75 Å². The van der Waals surface area contributed by atoms with Gasteiger partial charge in [0, 0.05) is 12.0 Å². The van der Waals surface area contributed by atoms with Crippen LogP contribution in [0.3, 0.4) is 0 Å². The van der Waals surface area contributed by atoms with Crippen molar-refractivity contribution in [1.82, 2.24) is 0 Å². The number of carboxylic acid groups (broad SMARTS) is 1. The van der Waals surface area contributed by atoms with Gasteiger partial charge in [-0.2, -0.15) is 8.78 Å². The van der Waals surface area contributed by atoms with E-state index in [1.807, 2.05) is 6.92 Å². The number of hydrogen-bond donors (Lipinski definition) is 2. The van der Waals surface area contributed by atoms with E-state index in [2.05, 4.69) is 4.74 Å². The van der Waals surface area contributed by atoms with Crippen LogP contribution in [-0.2, 0) is 4.79 Å². The van der Waals surface area contributed by atoms with E-state index >= 15 is 0 Å². The molecule has 0 fully saturated rings. The van der Waals surface area contributed by atoms with E-state index in [1.54, 1.807) is 18.2 Å². The summed E-state index contributed by atoms with van der Waals surface area (Å²) in [4.78, 5) is 10.9. The standard InChI is InChI=1S/C13H17F2NO3/c1-2-10(16)9(7-12(17)18)8-5-3-4-6-11(8)19-13(14)15/h3-6,9-10,13H,2,7,16H2,1H3,(H,17,18). The molecule has 19 heavy (non-hydrogen) atoms. The van der Waals surface area contributed by atoms with E-state index in [0.717, 1.165) is 0 Å². The second-order valence-electron chi connectivity index (χ2n) is 4.19. The van der Waals surface area contributed by atoms with Crippen molar-refractivity contribution in [3.05, 3.63) is 29.8 Å². The highest BCUT2D eigenvalue weighted by Crippen LogP contribution is 2.32. The molecule has 0 heterocycles. The van der Waals surface area contributed by atoms with Gasteiger partial charge in [-0.3, -0.25) is 4.79 Å². The molecule has 3 N–H and O–H groups in total. The number of nitrogens with two attached hydrogens (primary N) is 1. The minimum absolute atomic E-state index is 0.0207. The summed E-state index contributed by atoms with van der Waals surface area (Å²) in [6.07, 6.45) is 0.319. The third kappa shape index (κ3) is 4.48. The first-order valence-corrected chi connectivity index (χ1v) is 5.96. The summed E-state index contributed by atoms with van der Waals surface area (Å²) in [6.45, 7) is -1.14. The molecule has 0 aliphatic heterocycles. The first kappa shape index (κ1) is 15.4. The van der Waals surface area contributed by atoms with E-state index in [9.17, 15) is 13.6 Å². The largest absolute Gasteiger partial charge is 0.481 e. The number of para-hydroxylation sites is 1. The molecule has 4 nitrogen and oxygen atoms in total. The van der Waals surface area contributed by atoms with Gasteiger partial charge in [0.25, 0.3) is 0 Å². The van der Waals surface area contributed by atoms with E-state index < -0.39 is 24.5 Å². The van der Waals surface area contributed by atoms with Crippen molar-refractivity contribution in [2.24, 2.45) is 5.73 Å². The smallest absolute Gasteiger partial charge is 0.387 e. The van der Waals surface area contributed by atoms with Crippen LogP contribution in [0.4, 0.5) is 8.78 Å². The van der Waals surface area contributed by atoms with Crippen molar-refractivity contribution in [3.63, 3.8) is 0 Å². The maximum Gasteiger partial charge on any atom is 0.387 e. The van der Waals surface area contributed by atoms with Crippen LogP contribution in [0.1, 0.15) is 31.2 Å². The summed E-state index contributed by atoms with van der Waals surface area (Å²) >= 11 is 0. The minimum atomic E-state index is -2.95. The Morgan fingerprint density at radius 1 is 1.42 bits per heavy atom. The highest BCUT2D eigenvalue weighted by Gasteiger charge is 2.25. The number of carbonyl (C=O) groups is 1. The summed E-state index contributed by atoms with van der Waals surface area (Å²) in [5, 5.41) is 8.92. The number of halogens is 2. The van der Waals surface area contributed by atoms with Crippen molar-refractivity contribution in [2.75, 3.05) is 0 Å². The van der Waals surface area contributed by atoms with Crippen molar-refractivity contribution >= 4 is 5.97 Å². The van der Waals surface area contributed by atoms with Gasteiger partial charge in [-0.15, -0.1) is 0 Å². The molecule has 0 bridgehead atoms. The summed E-state index contributed by atoms with van der Waals surface area (Å²) in [5.74, 6) is -1.61. The molecule has 0 saturated carbocycles. The van der Waals surface area contributed by atoms with Crippen molar-refractivity contribution in [2.45, 2.75) is 38.3 Å². The molecule has 106 valence electrons. The van der Waals surface area contributed by atoms with Gasteiger partial charge in [0.05, 0.1) is 6.42 Å². The van der Waals surface area contributed by atoms with Crippen LogP contribution >= 0.6 is 0 Å². The molecule has 6 heteroatoms. The number of hydrogen-bond acceptors (Lipinski definition) is 3. The van der Waals surface area contributed by atoms with Gasteiger partial charge in [0.15, 0.2) is 0 Å². The normalized spacial score (nSPS) is 14.2. The number of aliphatic carboxylic acids is 1. The third-order valence-corrected chi connectivity index (χ3v) is 2.92. The van der Waals surface area contributed by atoms with Crippen LogP contribution in [0.2, 0.25) is 0 Å². The van der Waals surface area contributed by atoms with E-state index in [4.69, 9.17) is 10.8 Å². The molecule has 0 amide bonds. The number of ether oxygens (including phenoxy) is 1. The lowest BCUT2D eigenvalue weighted by atomic mass is 9.87. The topological polar surface area (TPSA) is 72.6 Å². The fourth-order valence-corrected chi connectivity index (χ4v) is 1.95. The Kier molecular flexibility index (Phi) is 5.69. The minimum Gasteiger partial charge on any atom is -0.481 e. The Balaban J connectivity index is 3.10. The molecule has 2 unspecified atom stereocenters. The Morgan fingerprint density at radius 3 is 2.58 bits per heavy atom. The van der Waals surface area contributed by atoms with Gasteiger partial charge >= 0.3 is 12.6 Å². The van der Waals surface area contributed by atoms with Crippen LogP contribution in [0, 0.1) is 0 Å². The second-order valence-corrected chi connectivity index (χ2v) is 4.19. The zero-order valence-electron chi connectivity index (χ0n) is 10.6. The predicted octanol–water partition coefficient (Wildman–Crippen LogP) is 2.58. The molecule has 0 aromatic heterocycles. The van der Waals surface area contributed by atoms with Crippen LogP contribution in [0.15, 0.2) is 24.3 Å². The number of alkyl halides is 2. The Morgan fingerprint density at radius 2 is 2.05 bits per heavy atom. The van der Waals surface area contributed by atoms with Crippen LogP contribution in [0.5, 0.6) is 5.75 Å². The first-order valence-electron chi connectivity index (χ1n) is 5.96. The molecule has 0 aliphatic rings. The summed E-state index contributed by atoms with van der Waals surface area (Å²) in [7, 11) is 0. The number of benzene rings is 1. The van der Waals surface area contributed by atoms with Crippen molar-refractivity contribution in [1.29, 1.82) is 0 Å². The molecule has 0 spiro atoms. The van der Waals surface area contributed by atoms with Gasteiger partial charge < -0.3 is 15.6 Å². The average Bonchev–Trinajstić information content (AvgIpc) is 2.35. The predicted molar refractivity (Wildman–Crippen MR) is 66.3 cm³/mol. The Bertz CT molecular complexity index is 426. The molecule has 0 saturated heterocycles. The van der Waals surface area contributed by atoms with Crippen LogP contribution < -0.4 is 10.5 Å². The van der Waals surface area contributed by atoms with Gasteiger partial charge in [0.2, 0.25) is 0 Å². The third-order valence-electron chi connectivity index (χ3n) is 2.92. The van der Waals surface area contributed by atoms with Crippen LogP contribution in [-0.4, -0.2) is 23.7 Å².